The first-order valence-corrected chi connectivity index (χ1v) is 10.4. The summed E-state index contributed by atoms with van der Waals surface area (Å²) in [4.78, 5) is 18.4. The summed E-state index contributed by atoms with van der Waals surface area (Å²) in [6.07, 6.45) is 4.29. The summed E-state index contributed by atoms with van der Waals surface area (Å²) in [5.74, 6) is 0.366. The molecular weight excluding hydrogens is 376 g/mol. The lowest BCUT2D eigenvalue weighted by atomic mass is 10.1. The monoisotopic (exact) mass is 406 g/mol. The van der Waals surface area contributed by atoms with Crippen molar-refractivity contribution in [2.75, 3.05) is 39.8 Å². The third kappa shape index (κ3) is 5.41. The van der Waals surface area contributed by atoms with Crippen LogP contribution >= 0.6 is 0 Å². The molecule has 0 saturated carbocycles. The fraction of sp³-hybridized carbons (Fsp3) is 0.409. The molecule has 0 spiro atoms. The molecule has 0 radical (unpaired) electrons. The number of aromatic nitrogens is 1. The summed E-state index contributed by atoms with van der Waals surface area (Å²) in [5.41, 5.74) is 8.78. The van der Waals surface area contributed by atoms with Crippen LogP contribution in [0.5, 0.6) is 0 Å². The lowest BCUT2D eigenvalue weighted by Gasteiger charge is -2.36. The normalized spacial score (nSPS) is 22.7. The predicted molar refractivity (Wildman–Crippen MR) is 120 cm³/mol. The van der Waals surface area contributed by atoms with Crippen LogP contribution in [0.3, 0.4) is 0 Å². The summed E-state index contributed by atoms with van der Waals surface area (Å²) in [5, 5.41) is 6.69. The van der Waals surface area contributed by atoms with Crippen molar-refractivity contribution in [2.45, 2.75) is 18.8 Å². The van der Waals surface area contributed by atoms with E-state index in [1.54, 1.807) is 6.20 Å². The molecular formula is C22H30N8. The number of amidine groups is 1. The van der Waals surface area contributed by atoms with Crippen LogP contribution in [0.4, 0.5) is 0 Å². The SMILES string of the molecule is CN1CCN(CCC2(N)N=C(NCc3cccnc3)N=C(c3ccccc3)N2)CC1. The van der Waals surface area contributed by atoms with E-state index in [4.69, 9.17) is 15.7 Å². The van der Waals surface area contributed by atoms with Crippen LogP contribution in [0.25, 0.3) is 0 Å². The molecule has 2 aliphatic rings. The Balaban J connectivity index is 1.48. The van der Waals surface area contributed by atoms with Crippen molar-refractivity contribution in [1.82, 2.24) is 25.4 Å². The number of nitrogens with zero attached hydrogens (tertiary/aromatic N) is 5. The highest BCUT2D eigenvalue weighted by Crippen LogP contribution is 2.15. The Kier molecular flexibility index (Phi) is 6.37. The van der Waals surface area contributed by atoms with E-state index in [1.165, 1.54) is 0 Å². The molecule has 1 aromatic carbocycles. The molecule has 3 heterocycles. The Bertz CT molecular complexity index is 875. The van der Waals surface area contributed by atoms with Gasteiger partial charge in [-0.15, -0.1) is 0 Å². The standard InChI is InChI=1S/C22H30N8/c1-29-12-14-30(15-13-29)11-9-22(23)27-20(19-7-3-2-4-8-19)26-21(28-22)25-17-18-6-5-10-24-16-18/h2-8,10,16H,9,11-15,17,23H2,1H3,(H2,25,26,27,28). The van der Waals surface area contributed by atoms with Gasteiger partial charge in [-0.3, -0.25) is 10.7 Å². The van der Waals surface area contributed by atoms with Crippen LogP contribution in [0.1, 0.15) is 17.5 Å². The minimum absolute atomic E-state index is 0.539. The highest BCUT2D eigenvalue weighted by molar-refractivity contribution is 6.07. The molecule has 8 heteroatoms. The molecule has 158 valence electrons. The number of nitrogens with two attached hydrogens (primary N) is 1. The van der Waals surface area contributed by atoms with Crippen molar-refractivity contribution in [3.05, 3.63) is 66.0 Å². The maximum atomic E-state index is 6.72. The van der Waals surface area contributed by atoms with Gasteiger partial charge in [-0.25, -0.2) is 4.99 Å². The lowest BCUT2D eigenvalue weighted by Crippen LogP contribution is -2.60. The van der Waals surface area contributed by atoms with Crippen LogP contribution in [0.2, 0.25) is 0 Å². The van der Waals surface area contributed by atoms with Crippen molar-refractivity contribution in [3.8, 4) is 0 Å². The van der Waals surface area contributed by atoms with E-state index in [2.05, 4.69) is 32.5 Å². The maximum absolute atomic E-state index is 6.72. The second kappa shape index (κ2) is 9.34. The number of likely N-dealkylation sites (N-methyl/N-ethyl adjacent to an activating group) is 1. The van der Waals surface area contributed by atoms with Gasteiger partial charge >= 0.3 is 0 Å². The average Bonchev–Trinajstić information content (AvgIpc) is 2.78. The number of piperazine rings is 1. The van der Waals surface area contributed by atoms with Gasteiger partial charge in [0, 0.05) is 63.6 Å². The smallest absolute Gasteiger partial charge is 0.223 e. The van der Waals surface area contributed by atoms with Crippen LogP contribution < -0.4 is 16.4 Å². The van der Waals surface area contributed by atoms with Gasteiger partial charge in [-0.2, -0.15) is 4.99 Å². The van der Waals surface area contributed by atoms with Gasteiger partial charge in [0.2, 0.25) is 5.96 Å². The second-order valence-electron chi connectivity index (χ2n) is 7.92. The van der Waals surface area contributed by atoms with Crippen molar-refractivity contribution >= 4 is 11.8 Å². The highest BCUT2D eigenvalue weighted by atomic mass is 15.4. The third-order valence-corrected chi connectivity index (χ3v) is 5.48. The van der Waals surface area contributed by atoms with E-state index in [-0.39, 0.29) is 0 Å². The molecule has 2 aromatic rings. The Hall–Kier alpha value is -2.81. The minimum Gasteiger partial charge on any atom is -0.350 e. The van der Waals surface area contributed by atoms with Crippen molar-refractivity contribution in [3.63, 3.8) is 0 Å². The van der Waals surface area contributed by atoms with Gasteiger partial charge in [-0.1, -0.05) is 36.4 Å². The number of hydrogen-bond acceptors (Lipinski definition) is 8. The maximum Gasteiger partial charge on any atom is 0.223 e. The molecule has 2 aliphatic heterocycles. The molecule has 8 nitrogen and oxygen atoms in total. The molecule has 4 N–H and O–H groups in total. The van der Waals surface area contributed by atoms with Gasteiger partial charge in [0.25, 0.3) is 0 Å². The molecule has 1 fully saturated rings. The molecule has 30 heavy (non-hydrogen) atoms. The lowest BCUT2D eigenvalue weighted by molar-refractivity contribution is 0.142. The number of pyridine rings is 1. The van der Waals surface area contributed by atoms with E-state index in [0.717, 1.165) is 49.7 Å². The Morgan fingerprint density at radius 2 is 1.90 bits per heavy atom. The van der Waals surface area contributed by atoms with E-state index in [1.807, 2.05) is 48.7 Å². The van der Waals surface area contributed by atoms with Crippen molar-refractivity contribution in [2.24, 2.45) is 15.7 Å². The first kappa shape index (κ1) is 20.5. The molecule has 1 atom stereocenters. The fourth-order valence-electron chi connectivity index (χ4n) is 3.59. The average molecular weight is 407 g/mol. The van der Waals surface area contributed by atoms with E-state index < -0.39 is 5.79 Å². The number of nitrogens with one attached hydrogen (secondary N) is 2. The second-order valence-corrected chi connectivity index (χ2v) is 7.92. The highest BCUT2D eigenvalue weighted by Gasteiger charge is 2.31. The Labute approximate surface area is 177 Å². The number of guanidine groups is 1. The van der Waals surface area contributed by atoms with Gasteiger partial charge in [0.1, 0.15) is 5.84 Å². The minimum atomic E-state index is -0.909. The number of benzene rings is 1. The first-order valence-electron chi connectivity index (χ1n) is 10.4. The summed E-state index contributed by atoms with van der Waals surface area (Å²) in [6, 6.07) is 14.0. The zero-order valence-corrected chi connectivity index (χ0v) is 17.5. The zero-order chi connectivity index (χ0) is 20.8. The van der Waals surface area contributed by atoms with E-state index in [0.29, 0.717) is 18.9 Å². The largest absolute Gasteiger partial charge is 0.350 e. The van der Waals surface area contributed by atoms with Gasteiger partial charge in [-0.05, 0) is 18.7 Å². The molecule has 0 aliphatic carbocycles. The third-order valence-electron chi connectivity index (χ3n) is 5.48. The number of aliphatic imine (C=N–C) groups is 2. The number of rotatable bonds is 6. The van der Waals surface area contributed by atoms with Crippen LogP contribution in [0.15, 0.2) is 64.8 Å². The van der Waals surface area contributed by atoms with Gasteiger partial charge in [0.15, 0.2) is 5.79 Å². The molecule has 0 amide bonds. The Morgan fingerprint density at radius 3 is 2.63 bits per heavy atom. The summed E-state index contributed by atoms with van der Waals surface area (Å²) < 4.78 is 0. The summed E-state index contributed by atoms with van der Waals surface area (Å²) >= 11 is 0. The van der Waals surface area contributed by atoms with E-state index >= 15 is 0 Å². The topological polar surface area (TPSA) is 94.2 Å². The van der Waals surface area contributed by atoms with Crippen LogP contribution in [-0.4, -0.2) is 72.1 Å². The van der Waals surface area contributed by atoms with Crippen molar-refractivity contribution < 1.29 is 0 Å². The quantitative estimate of drug-likeness (QED) is 0.658. The summed E-state index contributed by atoms with van der Waals surface area (Å²) in [7, 11) is 2.16. The molecule has 1 saturated heterocycles. The molecule has 4 rings (SSSR count). The van der Waals surface area contributed by atoms with Gasteiger partial charge < -0.3 is 20.4 Å². The molecule has 1 aromatic heterocycles. The fourth-order valence-corrected chi connectivity index (χ4v) is 3.59. The number of hydrogen-bond donors (Lipinski definition) is 3. The van der Waals surface area contributed by atoms with Crippen molar-refractivity contribution in [1.29, 1.82) is 0 Å². The van der Waals surface area contributed by atoms with E-state index in [9.17, 15) is 0 Å². The van der Waals surface area contributed by atoms with Gasteiger partial charge in [0.05, 0.1) is 0 Å². The summed E-state index contributed by atoms with van der Waals surface area (Å²) in [6.45, 7) is 5.77. The first-order chi connectivity index (χ1) is 14.6. The molecule has 0 bridgehead atoms. The van der Waals surface area contributed by atoms with Crippen LogP contribution in [-0.2, 0) is 6.54 Å². The predicted octanol–water partition coefficient (Wildman–Crippen LogP) is 0.827. The molecule has 1 unspecified atom stereocenters. The Morgan fingerprint density at radius 1 is 1.10 bits per heavy atom. The zero-order valence-electron chi connectivity index (χ0n) is 17.5. The van der Waals surface area contributed by atoms with Crippen LogP contribution in [0, 0.1) is 0 Å².